The monoisotopic (exact) mass is 118 g/mol. The number of nitriles is 2. The third kappa shape index (κ3) is 46.3. The molecular weight excluding hydrogens is 111 g/mol. The van der Waals surface area contributed by atoms with Gasteiger partial charge in [-0.2, -0.15) is 20.4 Å². The molecule has 0 aliphatic rings. The summed E-state index contributed by atoms with van der Waals surface area (Å²) < 4.78 is 0. The molecule has 0 aliphatic heterocycles. The van der Waals surface area contributed by atoms with Crippen molar-refractivity contribution in [3.8, 4) is 12.4 Å². The zero-order valence-electron chi connectivity index (χ0n) is 3.76. The van der Waals surface area contributed by atoms with Gasteiger partial charge in [0.05, 0.1) is 0 Å². The highest BCUT2D eigenvalue weighted by Crippen LogP contribution is 0.903. The van der Waals surface area contributed by atoms with Crippen molar-refractivity contribution < 1.29 is 0 Å². The largest absolute Gasteiger partial charge is 0.337 e. The molecule has 0 saturated heterocycles. The van der Waals surface area contributed by atoms with Gasteiger partial charge in [0.2, 0.25) is 0 Å². The molecular formula is C2H7N4P. The lowest BCUT2D eigenvalue weighted by atomic mass is 11.5. The molecule has 0 fully saturated rings. The highest BCUT2D eigenvalue weighted by molar-refractivity contribution is 6.92. The van der Waals surface area contributed by atoms with Gasteiger partial charge < -0.3 is 11.5 Å². The lowest BCUT2D eigenvalue weighted by Crippen LogP contribution is -1.69. The highest BCUT2D eigenvalue weighted by Gasteiger charge is 1.12. The molecule has 0 bridgehead atoms. The molecule has 0 amide bonds. The van der Waals surface area contributed by atoms with Crippen LogP contribution in [0, 0.1) is 22.9 Å². The Morgan fingerprint density at radius 1 is 1.00 bits per heavy atom. The minimum absolute atomic E-state index is 0. The van der Waals surface area contributed by atoms with E-state index < -0.39 is 0 Å². The Morgan fingerprint density at radius 2 is 1.00 bits per heavy atom. The van der Waals surface area contributed by atoms with E-state index in [0.717, 1.165) is 0 Å². The first-order valence-electron chi connectivity index (χ1n) is 1.02. The number of nitrogens with zero attached hydrogens (tertiary/aromatic N) is 2. The molecule has 0 aliphatic carbocycles. The van der Waals surface area contributed by atoms with Crippen LogP contribution in [0.4, 0.5) is 0 Å². The summed E-state index contributed by atoms with van der Waals surface area (Å²) in [6, 6.07) is 0. The molecule has 0 rings (SSSR count). The first-order chi connectivity index (χ1) is 2.83. The first-order valence-corrected chi connectivity index (χ1v) is 1.02. The molecule has 1 unspecified atom stereocenters. The Bertz CT molecular complexity index is 64.7. The molecule has 0 radical (unpaired) electrons. The summed E-state index contributed by atoms with van der Waals surface area (Å²) in [5, 5.41) is 14.2. The molecule has 5 heteroatoms. The fourth-order valence-corrected chi connectivity index (χ4v) is 0. The normalized spacial score (nSPS) is 2.00. The maximum Gasteiger partial charge on any atom is 0.173 e. The lowest BCUT2D eigenvalue weighted by molar-refractivity contribution is 1.45. The van der Waals surface area contributed by atoms with Crippen LogP contribution in [-0.4, -0.2) is 0 Å². The van der Waals surface area contributed by atoms with Crippen molar-refractivity contribution in [3.05, 3.63) is 0 Å². The average Bonchev–Trinajstić information content (AvgIpc) is 1.39. The van der Waals surface area contributed by atoms with E-state index in [1.165, 1.54) is 12.4 Å². The van der Waals surface area contributed by atoms with Gasteiger partial charge in [-0.05, 0) is 0 Å². The van der Waals surface area contributed by atoms with Crippen LogP contribution < -0.4 is 11.5 Å². The van der Waals surface area contributed by atoms with Crippen LogP contribution in [-0.2, 0) is 0 Å². The van der Waals surface area contributed by atoms with Crippen LogP contribution in [0.3, 0.4) is 0 Å². The van der Waals surface area contributed by atoms with Crippen LogP contribution >= 0.6 is 9.90 Å². The smallest absolute Gasteiger partial charge is 0.173 e. The van der Waals surface area contributed by atoms with Gasteiger partial charge in [0.25, 0.3) is 0 Å². The van der Waals surface area contributed by atoms with Crippen molar-refractivity contribution >= 4 is 9.90 Å². The molecule has 0 spiro atoms. The molecule has 0 saturated carbocycles. The minimum atomic E-state index is 0. The van der Waals surface area contributed by atoms with Crippen molar-refractivity contribution in [3.63, 3.8) is 0 Å². The van der Waals surface area contributed by atoms with Crippen molar-refractivity contribution in [2.45, 2.75) is 0 Å². The van der Waals surface area contributed by atoms with E-state index in [-0.39, 0.29) is 9.90 Å². The molecule has 0 aromatic rings. The Morgan fingerprint density at radius 3 is 1.00 bits per heavy atom. The van der Waals surface area contributed by atoms with E-state index in [1.54, 1.807) is 0 Å². The summed E-state index contributed by atoms with van der Waals surface area (Å²) in [7, 11) is 0. The average molecular weight is 118 g/mol. The number of rotatable bonds is 0. The van der Waals surface area contributed by atoms with Gasteiger partial charge in [-0.25, -0.2) is 0 Å². The molecule has 4 nitrogen and oxygen atoms in total. The van der Waals surface area contributed by atoms with Crippen molar-refractivity contribution in [1.82, 2.24) is 0 Å². The molecule has 40 valence electrons. The summed E-state index contributed by atoms with van der Waals surface area (Å²) in [6.07, 6.45) is 2.50. The SMILES string of the molecule is N#CN.N#CN.P. The van der Waals surface area contributed by atoms with Crippen LogP contribution in [0.1, 0.15) is 0 Å². The van der Waals surface area contributed by atoms with Gasteiger partial charge in [-0.1, -0.05) is 0 Å². The molecule has 0 aromatic heterocycles. The van der Waals surface area contributed by atoms with Crippen molar-refractivity contribution in [1.29, 1.82) is 10.5 Å². The van der Waals surface area contributed by atoms with Gasteiger partial charge in [0.1, 0.15) is 0 Å². The fraction of sp³-hybridized carbons (Fsp3) is 0. The lowest BCUT2D eigenvalue weighted by Gasteiger charge is -1.24. The number of hydrogen-bond donors (Lipinski definition) is 2. The molecule has 0 aromatic carbocycles. The van der Waals surface area contributed by atoms with Crippen LogP contribution in [0.5, 0.6) is 0 Å². The Hall–Kier alpha value is -0.990. The van der Waals surface area contributed by atoms with E-state index in [1.807, 2.05) is 0 Å². The summed E-state index contributed by atoms with van der Waals surface area (Å²) in [6.45, 7) is 0. The molecule has 0 heterocycles. The predicted octanol–water partition coefficient (Wildman–Crippen LogP) is -1.09. The van der Waals surface area contributed by atoms with Crippen LogP contribution in [0.25, 0.3) is 0 Å². The predicted molar refractivity (Wildman–Crippen MR) is 30.7 cm³/mol. The topological polar surface area (TPSA) is 99.6 Å². The standard InChI is InChI=1S/2CH2N2.H3P/c2*2-1-3;/h2*2H2;1H3. The zero-order valence-corrected chi connectivity index (χ0v) is 5.17. The van der Waals surface area contributed by atoms with Gasteiger partial charge >= 0.3 is 0 Å². The van der Waals surface area contributed by atoms with Crippen molar-refractivity contribution in [2.75, 3.05) is 0 Å². The third-order valence-electron chi connectivity index (χ3n) is 0. The molecule has 7 heavy (non-hydrogen) atoms. The van der Waals surface area contributed by atoms with E-state index >= 15 is 0 Å². The molecule has 4 N–H and O–H groups in total. The van der Waals surface area contributed by atoms with E-state index in [0.29, 0.717) is 0 Å². The van der Waals surface area contributed by atoms with Gasteiger partial charge in [-0.15, -0.1) is 0 Å². The second-order valence-corrected chi connectivity index (χ2v) is 0.258. The summed E-state index contributed by atoms with van der Waals surface area (Å²) in [4.78, 5) is 0. The molecule has 1 atom stereocenters. The van der Waals surface area contributed by atoms with E-state index in [2.05, 4.69) is 11.5 Å². The van der Waals surface area contributed by atoms with E-state index in [9.17, 15) is 0 Å². The van der Waals surface area contributed by atoms with Crippen molar-refractivity contribution in [2.24, 2.45) is 11.5 Å². The fourth-order valence-electron chi connectivity index (χ4n) is 0. The van der Waals surface area contributed by atoms with Gasteiger partial charge in [-0.3, -0.25) is 0 Å². The summed E-state index contributed by atoms with van der Waals surface area (Å²) >= 11 is 0. The number of hydrogen-bond acceptors (Lipinski definition) is 4. The second-order valence-electron chi connectivity index (χ2n) is 0.258. The third-order valence-corrected chi connectivity index (χ3v) is 0. The van der Waals surface area contributed by atoms with E-state index in [4.69, 9.17) is 10.5 Å². The summed E-state index contributed by atoms with van der Waals surface area (Å²) in [5.41, 5.74) is 8.31. The maximum atomic E-state index is 7.10. The quantitative estimate of drug-likeness (QED) is 0.240. The van der Waals surface area contributed by atoms with Gasteiger partial charge in [0.15, 0.2) is 12.4 Å². The Labute approximate surface area is 45.3 Å². The first kappa shape index (κ1) is 16.7. The maximum absolute atomic E-state index is 7.10. The van der Waals surface area contributed by atoms with Crippen LogP contribution in [0.15, 0.2) is 0 Å². The second kappa shape index (κ2) is 79.0. The highest BCUT2D eigenvalue weighted by atomic mass is 31.0. The van der Waals surface area contributed by atoms with Crippen LogP contribution in [0.2, 0.25) is 0 Å². The zero-order chi connectivity index (χ0) is 5.41. The Kier molecular flexibility index (Phi) is 188. The summed E-state index contributed by atoms with van der Waals surface area (Å²) in [5.74, 6) is 0. The Balaban J connectivity index is -0.0000000400. The minimum Gasteiger partial charge on any atom is -0.337 e. The van der Waals surface area contributed by atoms with Gasteiger partial charge in [0, 0.05) is 0 Å². The number of nitrogens with two attached hydrogens (primary N) is 2.